The van der Waals surface area contributed by atoms with Gasteiger partial charge in [-0.25, -0.2) is 4.39 Å². The summed E-state index contributed by atoms with van der Waals surface area (Å²) in [5.74, 6) is -0.497. The first-order valence-electron chi connectivity index (χ1n) is 7.25. The Hall–Kier alpha value is -2.95. The molecule has 3 aromatic rings. The quantitative estimate of drug-likeness (QED) is 0.805. The minimum absolute atomic E-state index is 0.197. The van der Waals surface area contributed by atoms with Gasteiger partial charge in [-0.3, -0.25) is 9.48 Å². The number of rotatable bonds is 4. The summed E-state index contributed by atoms with van der Waals surface area (Å²) in [6, 6.07) is 17.4. The van der Waals surface area contributed by atoms with Gasteiger partial charge in [0.05, 0.1) is 5.69 Å². The van der Waals surface area contributed by atoms with Gasteiger partial charge in [-0.1, -0.05) is 30.3 Å². The second-order valence-corrected chi connectivity index (χ2v) is 5.21. The van der Waals surface area contributed by atoms with Gasteiger partial charge in [-0.05, 0) is 35.9 Å². The van der Waals surface area contributed by atoms with Crippen LogP contribution in [0.3, 0.4) is 0 Å². The van der Waals surface area contributed by atoms with Gasteiger partial charge < -0.3 is 5.32 Å². The van der Waals surface area contributed by atoms with Crippen molar-refractivity contribution in [2.75, 3.05) is 0 Å². The summed E-state index contributed by atoms with van der Waals surface area (Å²) in [6.45, 7) is 0.455. The second kappa shape index (κ2) is 6.44. The molecular weight excluding hydrogens is 293 g/mol. The Morgan fingerprint density at radius 3 is 2.52 bits per heavy atom. The number of amides is 1. The van der Waals surface area contributed by atoms with E-state index in [1.54, 1.807) is 25.2 Å². The van der Waals surface area contributed by atoms with Gasteiger partial charge in [0.2, 0.25) is 0 Å². The van der Waals surface area contributed by atoms with Crippen molar-refractivity contribution in [1.29, 1.82) is 0 Å². The van der Waals surface area contributed by atoms with Crippen molar-refractivity contribution >= 4 is 5.91 Å². The first-order valence-corrected chi connectivity index (χ1v) is 7.25. The second-order valence-electron chi connectivity index (χ2n) is 5.21. The highest BCUT2D eigenvalue weighted by atomic mass is 19.1. The van der Waals surface area contributed by atoms with Gasteiger partial charge in [0.15, 0.2) is 0 Å². The van der Waals surface area contributed by atoms with Crippen molar-refractivity contribution in [3.8, 4) is 11.3 Å². The summed E-state index contributed by atoms with van der Waals surface area (Å²) in [7, 11) is 1.71. The van der Waals surface area contributed by atoms with E-state index in [0.717, 1.165) is 11.1 Å². The molecule has 0 saturated heterocycles. The van der Waals surface area contributed by atoms with Gasteiger partial charge in [0.25, 0.3) is 5.91 Å². The van der Waals surface area contributed by atoms with Crippen LogP contribution < -0.4 is 5.32 Å². The number of nitrogens with one attached hydrogen (secondary N) is 1. The third-order valence-electron chi connectivity index (χ3n) is 3.55. The van der Waals surface area contributed by atoms with Crippen LogP contribution in [0.25, 0.3) is 11.3 Å². The molecule has 0 spiro atoms. The van der Waals surface area contributed by atoms with Gasteiger partial charge in [0, 0.05) is 19.2 Å². The fourth-order valence-corrected chi connectivity index (χ4v) is 2.31. The van der Waals surface area contributed by atoms with Crippen LogP contribution >= 0.6 is 0 Å². The molecule has 0 saturated carbocycles. The zero-order valence-electron chi connectivity index (χ0n) is 12.7. The maximum Gasteiger partial charge on any atom is 0.269 e. The van der Waals surface area contributed by atoms with Crippen LogP contribution in [0, 0.1) is 5.82 Å². The van der Waals surface area contributed by atoms with Crippen LogP contribution in [0.1, 0.15) is 16.1 Å². The molecule has 4 nitrogen and oxygen atoms in total. The number of halogens is 1. The summed E-state index contributed by atoms with van der Waals surface area (Å²) in [5.41, 5.74) is 2.89. The Labute approximate surface area is 133 Å². The van der Waals surface area contributed by atoms with Gasteiger partial charge in [-0.15, -0.1) is 0 Å². The lowest BCUT2D eigenvalue weighted by Gasteiger charge is -2.05. The maximum absolute atomic E-state index is 13.0. The van der Waals surface area contributed by atoms with E-state index in [4.69, 9.17) is 0 Å². The average Bonchev–Trinajstić information content (AvgIpc) is 2.96. The average molecular weight is 309 g/mol. The van der Waals surface area contributed by atoms with E-state index >= 15 is 0 Å². The Morgan fingerprint density at radius 2 is 1.83 bits per heavy atom. The van der Waals surface area contributed by atoms with Gasteiger partial charge in [-0.2, -0.15) is 5.10 Å². The third kappa shape index (κ3) is 3.45. The predicted octanol–water partition coefficient (Wildman–Crippen LogP) is 3.16. The highest BCUT2D eigenvalue weighted by molar-refractivity contribution is 5.93. The molecule has 116 valence electrons. The molecule has 0 aliphatic carbocycles. The zero-order valence-corrected chi connectivity index (χ0v) is 12.7. The van der Waals surface area contributed by atoms with Crippen molar-refractivity contribution in [1.82, 2.24) is 15.1 Å². The van der Waals surface area contributed by atoms with Crippen molar-refractivity contribution in [3.05, 3.63) is 77.7 Å². The first-order chi connectivity index (χ1) is 11.1. The molecule has 23 heavy (non-hydrogen) atoms. The SMILES string of the molecule is Cn1nc(-c2ccc(F)cc2)cc1C(=O)NCc1ccccc1. The van der Waals surface area contributed by atoms with E-state index in [1.807, 2.05) is 30.3 Å². The number of benzene rings is 2. The molecule has 1 heterocycles. The van der Waals surface area contributed by atoms with Gasteiger partial charge >= 0.3 is 0 Å². The standard InChI is InChI=1S/C18H16FN3O/c1-22-17(18(23)20-12-13-5-3-2-4-6-13)11-16(21-22)14-7-9-15(19)10-8-14/h2-11H,12H2,1H3,(H,20,23). The highest BCUT2D eigenvalue weighted by Crippen LogP contribution is 2.19. The zero-order chi connectivity index (χ0) is 16.2. The van der Waals surface area contributed by atoms with Crippen molar-refractivity contribution in [2.24, 2.45) is 7.05 Å². The van der Waals surface area contributed by atoms with Gasteiger partial charge in [0.1, 0.15) is 11.5 Å². The molecule has 1 aromatic heterocycles. The number of hydrogen-bond donors (Lipinski definition) is 1. The van der Waals surface area contributed by atoms with E-state index in [2.05, 4.69) is 10.4 Å². The van der Waals surface area contributed by atoms with Crippen LogP contribution in [0.2, 0.25) is 0 Å². The summed E-state index contributed by atoms with van der Waals surface area (Å²) in [4.78, 5) is 12.3. The lowest BCUT2D eigenvalue weighted by Crippen LogP contribution is -2.25. The molecule has 0 fully saturated rings. The fourth-order valence-electron chi connectivity index (χ4n) is 2.31. The van der Waals surface area contributed by atoms with E-state index < -0.39 is 0 Å². The molecule has 0 aliphatic heterocycles. The van der Waals surface area contributed by atoms with E-state index in [9.17, 15) is 9.18 Å². The molecule has 0 atom stereocenters. The van der Waals surface area contributed by atoms with Crippen molar-refractivity contribution in [3.63, 3.8) is 0 Å². The predicted molar refractivity (Wildman–Crippen MR) is 86.2 cm³/mol. The molecule has 3 rings (SSSR count). The van der Waals surface area contributed by atoms with E-state index in [1.165, 1.54) is 16.8 Å². The Kier molecular flexibility index (Phi) is 4.19. The number of aryl methyl sites for hydroxylation is 1. The van der Waals surface area contributed by atoms with E-state index in [0.29, 0.717) is 17.9 Å². The normalized spacial score (nSPS) is 10.5. The molecule has 2 aromatic carbocycles. The molecule has 5 heteroatoms. The lowest BCUT2D eigenvalue weighted by molar-refractivity contribution is 0.0941. The van der Waals surface area contributed by atoms with Crippen molar-refractivity contribution < 1.29 is 9.18 Å². The Balaban J connectivity index is 1.75. The number of carbonyl (C=O) groups excluding carboxylic acids is 1. The summed E-state index contributed by atoms with van der Waals surface area (Å²) in [5, 5.41) is 7.19. The molecular formula is C18H16FN3O. The van der Waals surface area contributed by atoms with E-state index in [-0.39, 0.29) is 11.7 Å². The van der Waals surface area contributed by atoms with Crippen molar-refractivity contribution in [2.45, 2.75) is 6.54 Å². The number of nitrogens with zero attached hydrogens (tertiary/aromatic N) is 2. The summed E-state index contributed by atoms with van der Waals surface area (Å²) >= 11 is 0. The van der Waals surface area contributed by atoms with Crippen LogP contribution in [-0.2, 0) is 13.6 Å². The van der Waals surface area contributed by atoms with Crippen LogP contribution in [0.15, 0.2) is 60.7 Å². The molecule has 0 radical (unpaired) electrons. The molecule has 1 amide bonds. The molecule has 0 bridgehead atoms. The maximum atomic E-state index is 13.0. The molecule has 0 aliphatic rings. The molecule has 0 unspecified atom stereocenters. The lowest BCUT2D eigenvalue weighted by atomic mass is 10.1. The smallest absolute Gasteiger partial charge is 0.269 e. The summed E-state index contributed by atoms with van der Waals surface area (Å²) < 4.78 is 14.5. The largest absolute Gasteiger partial charge is 0.347 e. The number of aromatic nitrogens is 2. The Bertz CT molecular complexity index is 810. The minimum atomic E-state index is -0.300. The first kappa shape index (κ1) is 15.0. The van der Waals surface area contributed by atoms with Crippen LogP contribution in [-0.4, -0.2) is 15.7 Å². The highest BCUT2D eigenvalue weighted by Gasteiger charge is 2.14. The summed E-state index contributed by atoms with van der Waals surface area (Å²) in [6.07, 6.45) is 0. The number of hydrogen-bond acceptors (Lipinski definition) is 2. The molecule has 1 N–H and O–H groups in total. The van der Waals surface area contributed by atoms with Crippen LogP contribution in [0.5, 0.6) is 0 Å². The third-order valence-corrected chi connectivity index (χ3v) is 3.55. The van der Waals surface area contributed by atoms with Crippen LogP contribution in [0.4, 0.5) is 4.39 Å². The monoisotopic (exact) mass is 309 g/mol. The topological polar surface area (TPSA) is 46.9 Å². The minimum Gasteiger partial charge on any atom is -0.347 e. The Morgan fingerprint density at radius 1 is 1.13 bits per heavy atom. The fraction of sp³-hybridized carbons (Fsp3) is 0.111. The number of carbonyl (C=O) groups is 1.